The lowest BCUT2D eigenvalue weighted by molar-refractivity contribution is 0.0848. The van der Waals surface area contributed by atoms with Gasteiger partial charge in [-0.2, -0.15) is 0 Å². The van der Waals surface area contributed by atoms with Crippen molar-refractivity contribution < 1.29 is 8.81 Å². The van der Waals surface area contributed by atoms with Gasteiger partial charge in [0, 0.05) is 44.5 Å². The average molecular weight is 357 g/mol. The standard InChI is InChI=1S/C21H28FN3O/c1-17-4-9-21(26-17)16-23-10-2-3-20(15-23)25-13-11-24(12-14-25)19-7-5-18(22)6-8-19/h4-9,20H,2-3,10-16H2,1H3. The van der Waals surface area contributed by atoms with Gasteiger partial charge in [0.05, 0.1) is 6.54 Å². The molecule has 1 atom stereocenters. The van der Waals surface area contributed by atoms with Gasteiger partial charge in [0.15, 0.2) is 0 Å². The molecule has 1 unspecified atom stereocenters. The minimum Gasteiger partial charge on any atom is -0.465 e. The van der Waals surface area contributed by atoms with Crippen LogP contribution in [0, 0.1) is 12.7 Å². The van der Waals surface area contributed by atoms with Gasteiger partial charge in [0.25, 0.3) is 0 Å². The number of rotatable bonds is 4. The summed E-state index contributed by atoms with van der Waals surface area (Å²) in [4.78, 5) is 7.53. The average Bonchev–Trinajstić information content (AvgIpc) is 3.07. The number of anilines is 1. The van der Waals surface area contributed by atoms with E-state index in [1.807, 2.05) is 25.1 Å². The molecular weight excluding hydrogens is 329 g/mol. The van der Waals surface area contributed by atoms with Crippen LogP contribution in [0.3, 0.4) is 0 Å². The van der Waals surface area contributed by atoms with Crippen molar-refractivity contribution in [3.05, 3.63) is 53.7 Å². The van der Waals surface area contributed by atoms with Crippen molar-refractivity contribution in [2.45, 2.75) is 32.4 Å². The number of hydrogen-bond acceptors (Lipinski definition) is 4. The highest BCUT2D eigenvalue weighted by atomic mass is 19.1. The van der Waals surface area contributed by atoms with Crippen LogP contribution in [0.25, 0.3) is 0 Å². The molecule has 0 saturated carbocycles. The Morgan fingerprint density at radius 1 is 1.00 bits per heavy atom. The number of benzene rings is 1. The summed E-state index contributed by atoms with van der Waals surface area (Å²) in [7, 11) is 0. The van der Waals surface area contributed by atoms with Gasteiger partial charge in [-0.25, -0.2) is 4.39 Å². The molecule has 0 bridgehead atoms. The number of nitrogens with zero attached hydrogens (tertiary/aromatic N) is 3. The summed E-state index contributed by atoms with van der Waals surface area (Å²) < 4.78 is 18.9. The van der Waals surface area contributed by atoms with Crippen LogP contribution in [0.2, 0.25) is 0 Å². The molecule has 2 saturated heterocycles. The highest BCUT2D eigenvalue weighted by Crippen LogP contribution is 2.22. The highest BCUT2D eigenvalue weighted by Gasteiger charge is 2.28. The van der Waals surface area contributed by atoms with Gasteiger partial charge < -0.3 is 9.32 Å². The predicted molar refractivity (Wildman–Crippen MR) is 102 cm³/mol. The fourth-order valence-corrected chi connectivity index (χ4v) is 4.26. The molecule has 2 aliphatic rings. The van der Waals surface area contributed by atoms with Crippen molar-refractivity contribution in [3.63, 3.8) is 0 Å². The first-order valence-corrected chi connectivity index (χ1v) is 9.69. The first-order valence-electron chi connectivity index (χ1n) is 9.69. The van der Waals surface area contributed by atoms with E-state index in [9.17, 15) is 4.39 Å². The lowest BCUT2D eigenvalue weighted by Gasteiger charge is -2.43. The number of furan rings is 1. The van der Waals surface area contributed by atoms with Crippen molar-refractivity contribution >= 4 is 5.69 Å². The Bertz CT molecular complexity index is 706. The van der Waals surface area contributed by atoms with E-state index in [2.05, 4.69) is 20.8 Å². The number of piperidine rings is 1. The van der Waals surface area contributed by atoms with E-state index < -0.39 is 0 Å². The Morgan fingerprint density at radius 3 is 2.46 bits per heavy atom. The first kappa shape index (κ1) is 17.6. The Balaban J connectivity index is 1.30. The van der Waals surface area contributed by atoms with E-state index in [1.54, 1.807) is 12.1 Å². The van der Waals surface area contributed by atoms with Crippen LogP contribution >= 0.6 is 0 Å². The fourth-order valence-electron chi connectivity index (χ4n) is 4.26. The van der Waals surface area contributed by atoms with Gasteiger partial charge in [-0.3, -0.25) is 9.80 Å². The molecule has 5 heteroatoms. The van der Waals surface area contributed by atoms with Crippen LogP contribution in [0.5, 0.6) is 0 Å². The molecule has 0 spiro atoms. The lowest BCUT2D eigenvalue weighted by atomic mass is 10.0. The number of aryl methyl sites for hydroxylation is 1. The molecule has 2 aromatic rings. The van der Waals surface area contributed by atoms with Gasteiger partial charge in [0.1, 0.15) is 17.3 Å². The number of piperazine rings is 1. The summed E-state index contributed by atoms with van der Waals surface area (Å²) >= 11 is 0. The topological polar surface area (TPSA) is 22.9 Å². The SMILES string of the molecule is Cc1ccc(CN2CCCC(N3CCN(c4ccc(F)cc4)CC3)C2)o1. The zero-order chi connectivity index (χ0) is 17.9. The number of likely N-dealkylation sites (tertiary alicyclic amines) is 1. The number of halogens is 1. The van der Waals surface area contributed by atoms with E-state index in [4.69, 9.17) is 4.42 Å². The molecule has 2 aliphatic heterocycles. The summed E-state index contributed by atoms with van der Waals surface area (Å²) in [6, 6.07) is 11.7. The molecule has 140 valence electrons. The largest absolute Gasteiger partial charge is 0.465 e. The Labute approximate surface area is 155 Å². The van der Waals surface area contributed by atoms with Gasteiger partial charge >= 0.3 is 0 Å². The van der Waals surface area contributed by atoms with Gasteiger partial charge in [-0.05, 0) is 62.7 Å². The Morgan fingerprint density at radius 2 is 1.77 bits per heavy atom. The van der Waals surface area contributed by atoms with E-state index in [0.717, 1.165) is 63.0 Å². The molecule has 0 aliphatic carbocycles. The third-order valence-electron chi connectivity index (χ3n) is 5.68. The molecule has 1 aromatic carbocycles. The third-order valence-corrected chi connectivity index (χ3v) is 5.68. The van der Waals surface area contributed by atoms with Gasteiger partial charge in [-0.15, -0.1) is 0 Å². The quantitative estimate of drug-likeness (QED) is 0.835. The molecule has 0 N–H and O–H groups in total. The van der Waals surface area contributed by atoms with E-state index >= 15 is 0 Å². The zero-order valence-corrected chi connectivity index (χ0v) is 15.5. The third kappa shape index (κ3) is 4.10. The van der Waals surface area contributed by atoms with Crippen LogP contribution < -0.4 is 4.90 Å². The smallest absolute Gasteiger partial charge is 0.123 e. The summed E-state index contributed by atoms with van der Waals surface area (Å²) in [5.41, 5.74) is 1.13. The molecule has 4 nitrogen and oxygen atoms in total. The van der Waals surface area contributed by atoms with Crippen molar-refractivity contribution in [3.8, 4) is 0 Å². The molecule has 0 amide bonds. The summed E-state index contributed by atoms with van der Waals surface area (Å²) in [6.07, 6.45) is 2.53. The molecule has 0 radical (unpaired) electrons. The predicted octanol–water partition coefficient (Wildman–Crippen LogP) is 3.51. The van der Waals surface area contributed by atoms with Crippen molar-refractivity contribution in [2.24, 2.45) is 0 Å². The lowest BCUT2D eigenvalue weighted by Crippen LogP contribution is -2.55. The van der Waals surface area contributed by atoms with Crippen LogP contribution in [-0.2, 0) is 6.54 Å². The minimum absolute atomic E-state index is 0.165. The van der Waals surface area contributed by atoms with Crippen LogP contribution in [0.1, 0.15) is 24.4 Å². The van der Waals surface area contributed by atoms with Crippen LogP contribution in [0.4, 0.5) is 10.1 Å². The molecular formula is C21H28FN3O. The summed E-state index contributed by atoms with van der Waals surface area (Å²) in [5, 5.41) is 0. The number of hydrogen-bond donors (Lipinski definition) is 0. The van der Waals surface area contributed by atoms with E-state index in [0.29, 0.717) is 6.04 Å². The van der Waals surface area contributed by atoms with E-state index in [1.165, 1.54) is 12.8 Å². The maximum absolute atomic E-state index is 13.1. The zero-order valence-electron chi connectivity index (χ0n) is 15.5. The first-order chi connectivity index (χ1) is 12.7. The minimum atomic E-state index is -0.165. The monoisotopic (exact) mass is 357 g/mol. The second-order valence-electron chi connectivity index (χ2n) is 7.54. The summed E-state index contributed by atoms with van der Waals surface area (Å²) in [5.74, 6) is 1.90. The van der Waals surface area contributed by atoms with Crippen molar-refractivity contribution in [1.29, 1.82) is 0 Å². The molecule has 26 heavy (non-hydrogen) atoms. The van der Waals surface area contributed by atoms with Gasteiger partial charge in [0.2, 0.25) is 0 Å². The highest BCUT2D eigenvalue weighted by molar-refractivity contribution is 5.46. The van der Waals surface area contributed by atoms with Gasteiger partial charge in [-0.1, -0.05) is 0 Å². The molecule has 1 aromatic heterocycles. The molecule has 4 rings (SSSR count). The second-order valence-corrected chi connectivity index (χ2v) is 7.54. The van der Waals surface area contributed by atoms with Crippen LogP contribution in [-0.4, -0.2) is 55.1 Å². The van der Waals surface area contributed by atoms with Crippen molar-refractivity contribution in [1.82, 2.24) is 9.80 Å². The maximum Gasteiger partial charge on any atom is 0.123 e. The molecule has 3 heterocycles. The Kier molecular flexibility index (Phi) is 5.27. The normalized spacial score (nSPS) is 22.7. The Hall–Kier alpha value is -1.85. The molecule has 2 fully saturated rings. The van der Waals surface area contributed by atoms with Crippen LogP contribution in [0.15, 0.2) is 40.8 Å². The summed E-state index contributed by atoms with van der Waals surface area (Å²) in [6.45, 7) is 9.38. The van der Waals surface area contributed by atoms with Crippen molar-refractivity contribution in [2.75, 3.05) is 44.2 Å². The van der Waals surface area contributed by atoms with E-state index in [-0.39, 0.29) is 5.82 Å². The second kappa shape index (κ2) is 7.80. The fraction of sp³-hybridized carbons (Fsp3) is 0.524. The maximum atomic E-state index is 13.1.